The highest BCUT2D eigenvalue weighted by Gasteiger charge is 2.29. The van der Waals surface area contributed by atoms with Gasteiger partial charge < -0.3 is 10.2 Å². The Morgan fingerprint density at radius 1 is 1.15 bits per heavy atom. The molecular formula is C24H26Cl3FN2O2S. The molecule has 1 fully saturated rings. The van der Waals surface area contributed by atoms with Gasteiger partial charge in [-0.15, -0.1) is 11.8 Å². The molecule has 1 N–H and O–H groups in total. The Balaban J connectivity index is 1.71. The van der Waals surface area contributed by atoms with E-state index in [0.717, 1.165) is 25.7 Å². The molecule has 1 aliphatic rings. The molecule has 0 saturated heterocycles. The van der Waals surface area contributed by atoms with E-state index in [1.807, 2.05) is 0 Å². The van der Waals surface area contributed by atoms with Gasteiger partial charge in [0.25, 0.3) is 0 Å². The van der Waals surface area contributed by atoms with Crippen LogP contribution >= 0.6 is 46.6 Å². The number of amides is 2. The van der Waals surface area contributed by atoms with E-state index in [1.54, 1.807) is 37.3 Å². The summed E-state index contributed by atoms with van der Waals surface area (Å²) in [6.07, 6.45) is 4.10. The third-order valence-electron chi connectivity index (χ3n) is 5.76. The summed E-state index contributed by atoms with van der Waals surface area (Å²) in [6, 6.07) is 9.01. The number of halogens is 4. The number of carbonyl (C=O) groups excluding carboxylic acids is 2. The largest absolute Gasteiger partial charge is 0.352 e. The Bertz CT molecular complexity index is 981. The molecule has 1 atom stereocenters. The standard InChI is InChI=1S/C24H26Cl3FN2O2S/c1-15(24(32)29-18-5-2-3-6-18)30(12-16-9-10-17(25)11-21(16)27)23(31)14-33-13-19-20(26)7-4-8-22(19)28/h4,7-11,15,18H,2-3,5-6,12-14H2,1H3,(H,29,32)/t15-/m0/s1. The monoisotopic (exact) mass is 530 g/mol. The fourth-order valence-electron chi connectivity index (χ4n) is 3.80. The van der Waals surface area contributed by atoms with E-state index in [1.165, 1.54) is 22.7 Å². The summed E-state index contributed by atoms with van der Waals surface area (Å²) in [5.74, 6) is -0.529. The molecule has 33 heavy (non-hydrogen) atoms. The molecule has 0 bridgehead atoms. The molecular weight excluding hydrogens is 506 g/mol. The fourth-order valence-corrected chi connectivity index (χ4v) is 5.52. The van der Waals surface area contributed by atoms with Crippen LogP contribution in [0.5, 0.6) is 0 Å². The van der Waals surface area contributed by atoms with E-state index in [4.69, 9.17) is 34.8 Å². The molecule has 3 rings (SSSR count). The van der Waals surface area contributed by atoms with Crippen molar-refractivity contribution in [1.82, 2.24) is 10.2 Å². The van der Waals surface area contributed by atoms with Gasteiger partial charge in [0.1, 0.15) is 11.9 Å². The first-order valence-electron chi connectivity index (χ1n) is 10.8. The molecule has 9 heteroatoms. The van der Waals surface area contributed by atoms with Gasteiger partial charge in [0.05, 0.1) is 5.75 Å². The predicted molar refractivity (Wildman–Crippen MR) is 134 cm³/mol. The van der Waals surface area contributed by atoms with Crippen molar-refractivity contribution in [3.05, 3.63) is 68.4 Å². The highest BCUT2D eigenvalue weighted by Crippen LogP contribution is 2.26. The average molecular weight is 532 g/mol. The third-order valence-corrected chi connectivity index (χ3v) is 7.64. The zero-order valence-corrected chi connectivity index (χ0v) is 21.3. The van der Waals surface area contributed by atoms with E-state index in [9.17, 15) is 14.0 Å². The topological polar surface area (TPSA) is 49.4 Å². The van der Waals surface area contributed by atoms with Crippen LogP contribution in [0.3, 0.4) is 0 Å². The van der Waals surface area contributed by atoms with Gasteiger partial charge in [-0.1, -0.05) is 59.8 Å². The molecule has 178 valence electrons. The van der Waals surface area contributed by atoms with Gasteiger partial charge in [-0.05, 0) is 49.6 Å². The second-order valence-corrected chi connectivity index (χ2v) is 10.4. The van der Waals surface area contributed by atoms with Gasteiger partial charge in [-0.25, -0.2) is 4.39 Å². The molecule has 1 saturated carbocycles. The first-order chi connectivity index (χ1) is 15.8. The van der Waals surface area contributed by atoms with Crippen LogP contribution in [0.15, 0.2) is 36.4 Å². The maximum atomic E-state index is 14.1. The van der Waals surface area contributed by atoms with Crippen molar-refractivity contribution in [2.45, 2.75) is 57.0 Å². The minimum absolute atomic E-state index is 0.0664. The fraction of sp³-hybridized carbons (Fsp3) is 0.417. The summed E-state index contributed by atoms with van der Waals surface area (Å²) in [7, 11) is 0. The molecule has 0 spiro atoms. The summed E-state index contributed by atoms with van der Waals surface area (Å²) in [5, 5.41) is 4.30. The number of nitrogens with zero attached hydrogens (tertiary/aromatic N) is 1. The van der Waals surface area contributed by atoms with E-state index in [0.29, 0.717) is 26.2 Å². The van der Waals surface area contributed by atoms with Gasteiger partial charge in [-0.2, -0.15) is 0 Å². The number of hydrogen-bond donors (Lipinski definition) is 1. The Kier molecular flexibility index (Phi) is 9.74. The van der Waals surface area contributed by atoms with E-state index in [2.05, 4.69) is 5.32 Å². The number of carbonyl (C=O) groups is 2. The lowest BCUT2D eigenvalue weighted by atomic mass is 10.1. The van der Waals surface area contributed by atoms with Crippen molar-refractivity contribution in [2.75, 3.05) is 5.75 Å². The molecule has 1 aliphatic carbocycles. The summed E-state index contributed by atoms with van der Waals surface area (Å²) in [6.45, 7) is 1.87. The van der Waals surface area contributed by atoms with Crippen LogP contribution in [-0.4, -0.2) is 34.6 Å². The van der Waals surface area contributed by atoms with Gasteiger partial charge in [0.15, 0.2) is 0 Å². The lowest BCUT2D eigenvalue weighted by Crippen LogP contribution is -2.50. The zero-order chi connectivity index (χ0) is 24.0. The molecule has 4 nitrogen and oxygen atoms in total. The second-order valence-electron chi connectivity index (χ2n) is 8.12. The molecule has 0 aromatic heterocycles. The average Bonchev–Trinajstić information content (AvgIpc) is 3.27. The van der Waals surface area contributed by atoms with Crippen LogP contribution in [0.1, 0.15) is 43.7 Å². The quantitative estimate of drug-likeness (QED) is 0.402. The first kappa shape index (κ1) is 26.1. The van der Waals surface area contributed by atoms with E-state index >= 15 is 0 Å². The van der Waals surface area contributed by atoms with Crippen LogP contribution in [0.25, 0.3) is 0 Å². The number of rotatable bonds is 9. The van der Waals surface area contributed by atoms with E-state index < -0.39 is 11.9 Å². The first-order valence-corrected chi connectivity index (χ1v) is 13.1. The van der Waals surface area contributed by atoms with Gasteiger partial charge in [0.2, 0.25) is 11.8 Å². The van der Waals surface area contributed by atoms with Crippen LogP contribution < -0.4 is 5.32 Å². The minimum Gasteiger partial charge on any atom is -0.352 e. The van der Waals surface area contributed by atoms with Crippen LogP contribution in [-0.2, 0) is 21.9 Å². The molecule has 0 unspecified atom stereocenters. The van der Waals surface area contributed by atoms with Gasteiger partial charge >= 0.3 is 0 Å². The Labute approximate surface area is 213 Å². The van der Waals surface area contributed by atoms with E-state index in [-0.39, 0.29) is 35.9 Å². The number of hydrogen-bond acceptors (Lipinski definition) is 3. The molecule has 0 radical (unpaired) electrons. The summed E-state index contributed by atoms with van der Waals surface area (Å²) in [4.78, 5) is 27.6. The van der Waals surface area contributed by atoms with Crippen molar-refractivity contribution in [3.63, 3.8) is 0 Å². The minimum atomic E-state index is -0.692. The number of thioether (sulfide) groups is 1. The zero-order valence-electron chi connectivity index (χ0n) is 18.3. The Morgan fingerprint density at radius 2 is 1.88 bits per heavy atom. The Morgan fingerprint density at radius 3 is 2.55 bits per heavy atom. The van der Waals surface area contributed by atoms with Gasteiger partial charge in [0, 0.05) is 39.0 Å². The summed E-state index contributed by atoms with van der Waals surface area (Å²) < 4.78 is 14.1. The molecule has 0 aliphatic heterocycles. The maximum absolute atomic E-state index is 14.1. The molecule has 2 amide bonds. The number of nitrogens with one attached hydrogen (secondary N) is 1. The molecule has 2 aromatic rings. The maximum Gasteiger partial charge on any atom is 0.242 e. The Hall–Kier alpha value is -1.47. The SMILES string of the molecule is C[C@@H](C(=O)NC1CCCC1)N(Cc1ccc(Cl)cc1Cl)C(=O)CSCc1c(F)cccc1Cl. The lowest BCUT2D eigenvalue weighted by molar-refractivity contribution is -0.138. The highest BCUT2D eigenvalue weighted by atomic mass is 35.5. The van der Waals surface area contributed by atoms with Crippen molar-refractivity contribution in [1.29, 1.82) is 0 Å². The molecule has 0 heterocycles. The van der Waals surface area contributed by atoms with Crippen LogP contribution in [0.2, 0.25) is 15.1 Å². The summed E-state index contributed by atoms with van der Waals surface area (Å²) >= 11 is 19.7. The van der Waals surface area contributed by atoms with Crippen molar-refractivity contribution in [2.24, 2.45) is 0 Å². The molecule has 2 aromatic carbocycles. The van der Waals surface area contributed by atoms with Crippen LogP contribution in [0, 0.1) is 5.82 Å². The number of benzene rings is 2. The second kappa shape index (κ2) is 12.3. The predicted octanol–water partition coefficient (Wildman–Crippen LogP) is 6.50. The smallest absolute Gasteiger partial charge is 0.242 e. The third kappa shape index (κ3) is 7.25. The highest BCUT2D eigenvalue weighted by molar-refractivity contribution is 7.99. The van der Waals surface area contributed by atoms with Crippen LogP contribution in [0.4, 0.5) is 4.39 Å². The summed E-state index contributed by atoms with van der Waals surface area (Å²) in [5.41, 5.74) is 1.05. The normalized spacial score (nSPS) is 14.8. The van der Waals surface area contributed by atoms with Gasteiger partial charge in [-0.3, -0.25) is 9.59 Å². The lowest BCUT2D eigenvalue weighted by Gasteiger charge is -2.30. The van der Waals surface area contributed by atoms with Crippen molar-refractivity contribution in [3.8, 4) is 0 Å². The van der Waals surface area contributed by atoms with Crippen molar-refractivity contribution >= 4 is 58.4 Å². The van der Waals surface area contributed by atoms with Crippen molar-refractivity contribution < 1.29 is 14.0 Å².